The number of aromatic amines is 1. The number of carbonyl (C=O) groups is 1. The van der Waals surface area contributed by atoms with Crippen LogP contribution in [-0.4, -0.2) is 30.6 Å². The maximum absolute atomic E-state index is 12.9. The van der Waals surface area contributed by atoms with Crippen LogP contribution in [0.2, 0.25) is 5.02 Å². The van der Waals surface area contributed by atoms with Crippen molar-refractivity contribution in [3.8, 4) is 17.4 Å². The van der Waals surface area contributed by atoms with E-state index in [1.807, 2.05) is 13.8 Å². The summed E-state index contributed by atoms with van der Waals surface area (Å²) in [6, 6.07) is 9.98. The van der Waals surface area contributed by atoms with Gasteiger partial charge >= 0.3 is 0 Å². The first-order valence-corrected chi connectivity index (χ1v) is 10.1. The number of H-pyrrole nitrogens is 1. The zero-order valence-electron chi connectivity index (χ0n) is 17.4. The van der Waals surface area contributed by atoms with Crippen molar-refractivity contribution in [2.45, 2.75) is 19.8 Å². The van der Waals surface area contributed by atoms with Gasteiger partial charge in [-0.05, 0) is 30.2 Å². The molecule has 0 radical (unpaired) electrons. The van der Waals surface area contributed by atoms with Crippen LogP contribution in [0, 0.1) is 10.1 Å². The molecule has 3 aromatic heterocycles. The third kappa shape index (κ3) is 4.53. The minimum atomic E-state index is -0.676. The summed E-state index contributed by atoms with van der Waals surface area (Å²) in [4.78, 5) is 42.6. The summed E-state index contributed by atoms with van der Waals surface area (Å²) in [5.41, 5.74) is 0.134. The van der Waals surface area contributed by atoms with Crippen LogP contribution in [0.25, 0.3) is 17.4 Å². The van der Waals surface area contributed by atoms with E-state index in [-0.39, 0.29) is 33.8 Å². The highest BCUT2D eigenvalue weighted by atomic mass is 35.5. The lowest BCUT2D eigenvalue weighted by Crippen LogP contribution is -2.19. The molecule has 2 N–H and O–H groups in total. The Kier molecular flexibility index (Phi) is 5.80. The van der Waals surface area contributed by atoms with Gasteiger partial charge in [-0.15, -0.1) is 0 Å². The van der Waals surface area contributed by atoms with E-state index in [4.69, 9.17) is 16.0 Å². The molecule has 4 aromatic rings. The molecule has 0 fully saturated rings. The van der Waals surface area contributed by atoms with E-state index in [9.17, 15) is 19.7 Å². The number of nitrogens with one attached hydrogen (secondary N) is 2. The molecule has 0 atom stereocenters. The molecule has 33 heavy (non-hydrogen) atoms. The normalized spacial score (nSPS) is 11.0. The summed E-state index contributed by atoms with van der Waals surface area (Å²) >= 11 is 5.84. The highest BCUT2D eigenvalue weighted by Crippen LogP contribution is 2.27. The molecule has 4 rings (SSSR count). The number of amides is 1. The number of nitro benzene ring substituents is 1. The highest BCUT2D eigenvalue weighted by molar-refractivity contribution is 6.32. The second-order valence-electron chi connectivity index (χ2n) is 7.33. The van der Waals surface area contributed by atoms with Gasteiger partial charge in [-0.25, -0.2) is 4.98 Å². The van der Waals surface area contributed by atoms with Gasteiger partial charge in [-0.3, -0.25) is 24.7 Å². The van der Waals surface area contributed by atoms with Crippen LogP contribution in [0.5, 0.6) is 0 Å². The summed E-state index contributed by atoms with van der Waals surface area (Å²) in [7, 11) is 0. The molecule has 0 saturated heterocycles. The van der Waals surface area contributed by atoms with Crippen molar-refractivity contribution in [2.75, 3.05) is 5.32 Å². The Morgan fingerprint density at radius 1 is 1.27 bits per heavy atom. The number of benzene rings is 1. The number of furan rings is 1. The first-order valence-electron chi connectivity index (χ1n) is 9.74. The fraction of sp³-hybridized carbons (Fsp3) is 0.143. The van der Waals surface area contributed by atoms with Crippen molar-refractivity contribution >= 4 is 29.0 Å². The molecule has 0 aliphatic heterocycles. The first-order chi connectivity index (χ1) is 15.7. The molecule has 168 valence electrons. The van der Waals surface area contributed by atoms with Crippen molar-refractivity contribution in [3.05, 3.63) is 85.5 Å². The Hall–Kier alpha value is -4.25. The van der Waals surface area contributed by atoms with E-state index in [2.05, 4.69) is 20.4 Å². The second kappa shape index (κ2) is 8.71. The van der Waals surface area contributed by atoms with E-state index in [1.165, 1.54) is 35.2 Å². The molecule has 0 saturated carbocycles. The van der Waals surface area contributed by atoms with Crippen molar-refractivity contribution in [1.29, 1.82) is 0 Å². The monoisotopic (exact) mass is 468 g/mol. The van der Waals surface area contributed by atoms with Crippen LogP contribution in [0.3, 0.4) is 0 Å². The van der Waals surface area contributed by atoms with Crippen LogP contribution in [0.15, 0.2) is 57.9 Å². The Labute approximate surface area is 191 Å². The molecule has 0 spiro atoms. The van der Waals surface area contributed by atoms with Crippen molar-refractivity contribution < 1.29 is 14.1 Å². The van der Waals surface area contributed by atoms with Gasteiger partial charge in [-0.1, -0.05) is 25.4 Å². The van der Waals surface area contributed by atoms with E-state index in [0.29, 0.717) is 17.1 Å². The Morgan fingerprint density at radius 2 is 2.06 bits per heavy atom. The number of halogens is 1. The zero-order chi connectivity index (χ0) is 23.7. The van der Waals surface area contributed by atoms with Gasteiger partial charge in [0, 0.05) is 23.8 Å². The quantitative estimate of drug-likeness (QED) is 0.318. The van der Waals surface area contributed by atoms with Crippen LogP contribution >= 0.6 is 11.6 Å². The number of anilines is 1. The molecule has 0 unspecified atom stereocenters. The number of hydrogen-bond donors (Lipinski definition) is 2. The predicted molar refractivity (Wildman–Crippen MR) is 120 cm³/mol. The summed E-state index contributed by atoms with van der Waals surface area (Å²) < 4.78 is 6.64. The van der Waals surface area contributed by atoms with Gasteiger partial charge in [0.05, 0.1) is 16.9 Å². The molecule has 12 heteroatoms. The molecule has 1 amide bonds. The zero-order valence-corrected chi connectivity index (χ0v) is 18.2. The summed E-state index contributed by atoms with van der Waals surface area (Å²) in [5, 5.41) is 18.2. The molecule has 0 aliphatic rings. The highest BCUT2D eigenvalue weighted by Gasteiger charge is 2.20. The summed E-state index contributed by atoms with van der Waals surface area (Å²) in [6.07, 6.45) is 1.47. The van der Waals surface area contributed by atoms with E-state index < -0.39 is 16.5 Å². The van der Waals surface area contributed by atoms with Gasteiger partial charge in [0.1, 0.15) is 16.5 Å². The van der Waals surface area contributed by atoms with Gasteiger partial charge in [0.25, 0.3) is 17.2 Å². The van der Waals surface area contributed by atoms with Crippen LogP contribution in [-0.2, 0) is 0 Å². The van der Waals surface area contributed by atoms with Crippen LogP contribution < -0.4 is 10.9 Å². The molecule has 3 heterocycles. The van der Waals surface area contributed by atoms with Crippen molar-refractivity contribution in [3.63, 3.8) is 0 Å². The number of rotatable bonds is 6. The molecule has 1 aromatic carbocycles. The standard InChI is InChI=1S/C21H17ClN6O5/c1-11(2)14-10-19(29)25-21(23-14)27-18(9-15(26-27)17-4-3-7-33-17)24-20(30)12-5-6-13(22)16(8-12)28(31)32/h3-11H,1-2H3,(H,24,30)(H,23,25,29). The fourth-order valence-corrected chi connectivity index (χ4v) is 3.20. The third-order valence-electron chi connectivity index (χ3n) is 4.67. The minimum absolute atomic E-state index is 0.00998. The van der Waals surface area contributed by atoms with Crippen molar-refractivity contribution in [1.82, 2.24) is 19.7 Å². The Morgan fingerprint density at radius 3 is 2.73 bits per heavy atom. The summed E-state index contributed by atoms with van der Waals surface area (Å²) in [6.45, 7) is 3.78. The third-order valence-corrected chi connectivity index (χ3v) is 4.99. The lowest BCUT2D eigenvalue weighted by atomic mass is 10.1. The SMILES string of the molecule is CC(C)c1cc(=O)[nH]c(-n2nc(-c3ccco3)cc2NC(=O)c2ccc(Cl)c([N+](=O)[O-])c2)n1. The lowest BCUT2D eigenvalue weighted by molar-refractivity contribution is -0.384. The molecular weight excluding hydrogens is 452 g/mol. The molecular formula is C21H17ClN6O5. The van der Waals surface area contributed by atoms with E-state index in [0.717, 1.165) is 6.07 Å². The topological polar surface area (TPSA) is 149 Å². The Bertz CT molecular complexity index is 1410. The number of hydrogen-bond acceptors (Lipinski definition) is 7. The largest absolute Gasteiger partial charge is 0.463 e. The van der Waals surface area contributed by atoms with E-state index >= 15 is 0 Å². The molecule has 11 nitrogen and oxygen atoms in total. The number of carbonyl (C=O) groups excluding carboxylic acids is 1. The summed E-state index contributed by atoms with van der Waals surface area (Å²) in [5.74, 6) is -0.00807. The number of aromatic nitrogens is 4. The van der Waals surface area contributed by atoms with Gasteiger partial charge < -0.3 is 9.73 Å². The minimum Gasteiger partial charge on any atom is -0.463 e. The maximum Gasteiger partial charge on any atom is 0.288 e. The van der Waals surface area contributed by atoms with Crippen LogP contribution in [0.4, 0.5) is 11.5 Å². The number of nitrogens with zero attached hydrogens (tertiary/aromatic N) is 4. The van der Waals surface area contributed by atoms with Crippen molar-refractivity contribution in [2.24, 2.45) is 0 Å². The van der Waals surface area contributed by atoms with Crippen LogP contribution in [0.1, 0.15) is 35.8 Å². The van der Waals surface area contributed by atoms with Gasteiger partial charge in [0.2, 0.25) is 5.95 Å². The fourth-order valence-electron chi connectivity index (χ4n) is 3.02. The molecule has 0 bridgehead atoms. The van der Waals surface area contributed by atoms with Gasteiger partial charge in [0.15, 0.2) is 5.76 Å². The number of nitro groups is 1. The smallest absolute Gasteiger partial charge is 0.288 e. The first kappa shape index (κ1) is 22.0. The lowest BCUT2D eigenvalue weighted by Gasteiger charge is -2.10. The molecule has 0 aliphatic carbocycles. The van der Waals surface area contributed by atoms with E-state index in [1.54, 1.807) is 12.1 Å². The van der Waals surface area contributed by atoms with Gasteiger partial charge in [-0.2, -0.15) is 9.78 Å². The maximum atomic E-state index is 12.9. The predicted octanol–water partition coefficient (Wildman–Crippen LogP) is 4.15. The average molecular weight is 469 g/mol. The second-order valence-corrected chi connectivity index (χ2v) is 7.74. The Balaban J connectivity index is 1.78. The average Bonchev–Trinajstić information content (AvgIpc) is 3.43.